The first-order valence-electron chi connectivity index (χ1n) is 5.94. The van der Waals surface area contributed by atoms with Crippen LogP contribution >= 0.6 is 0 Å². The summed E-state index contributed by atoms with van der Waals surface area (Å²) in [4.78, 5) is 11.4. The van der Waals surface area contributed by atoms with Crippen LogP contribution in [0.3, 0.4) is 0 Å². The normalized spacial score (nSPS) is 12.5. The maximum atomic E-state index is 12.4. The quantitative estimate of drug-likeness (QED) is 0.635. The second-order valence-electron chi connectivity index (χ2n) is 5.42. The van der Waals surface area contributed by atoms with E-state index in [-0.39, 0.29) is 17.1 Å². The van der Waals surface area contributed by atoms with Crippen LogP contribution in [0.15, 0.2) is 4.90 Å². The van der Waals surface area contributed by atoms with Crippen LogP contribution in [0, 0.1) is 6.92 Å². The smallest absolute Gasteiger partial charge is 0.306 e. The number of rotatable bonds is 5. The van der Waals surface area contributed by atoms with Crippen molar-refractivity contribution in [2.24, 2.45) is 0 Å². The maximum absolute atomic E-state index is 12.4. The lowest BCUT2D eigenvalue weighted by Crippen LogP contribution is -2.42. The van der Waals surface area contributed by atoms with Gasteiger partial charge in [0.2, 0.25) is 0 Å². The molecule has 1 N–H and O–H groups in total. The van der Waals surface area contributed by atoms with Crippen LogP contribution in [0.2, 0.25) is 19.6 Å². The van der Waals surface area contributed by atoms with Crippen molar-refractivity contribution < 1.29 is 17.9 Å². The Kier molecular flexibility index (Phi) is 4.57. The summed E-state index contributed by atoms with van der Waals surface area (Å²) in [6.45, 7) is 7.77. The van der Waals surface area contributed by atoms with E-state index in [0.717, 1.165) is 0 Å². The van der Waals surface area contributed by atoms with Crippen LogP contribution in [0.5, 0.6) is 0 Å². The summed E-state index contributed by atoms with van der Waals surface area (Å²) >= 11 is 0. The van der Waals surface area contributed by atoms with Crippen LogP contribution in [0.4, 0.5) is 0 Å². The number of sulfone groups is 1. The Labute approximate surface area is 114 Å². The van der Waals surface area contributed by atoms with Gasteiger partial charge >= 0.3 is 5.97 Å². The molecule has 0 saturated carbocycles. The number of hydrogen-bond acceptors (Lipinski definition) is 5. The maximum Gasteiger partial charge on any atom is 0.306 e. The molecule has 0 aromatic carbocycles. The highest BCUT2D eigenvalue weighted by Gasteiger charge is 2.32. The second kappa shape index (κ2) is 5.46. The summed E-state index contributed by atoms with van der Waals surface area (Å²) in [7, 11) is -4.15. The number of hydrogen-bond donors (Lipinski definition) is 1. The Hall–Kier alpha value is -1.15. The third-order valence-electron chi connectivity index (χ3n) is 2.72. The lowest BCUT2D eigenvalue weighted by Gasteiger charge is -2.15. The molecule has 0 amide bonds. The summed E-state index contributed by atoms with van der Waals surface area (Å²) in [5.74, 6) is -0.781. The molecule has 1 aromatic rings. The topological polar surface area (TPSA) is 89.1 Å². The first-order chi connectivity index (χ1) is 8.59. The number of ether oxygens (including phenoxy) is 1. The first kappa shape index (κ1) is 15.9. The number of carbonyl (C=O) groups is 1. The van der Waals surface area contributed by atoms with Gasteiger partial charge < -0.3 is 4.74 Å². The van der Waals surface area contributed by atoms with Gasteiger partial charge in [-0.2, -0.15) is 5.10 Å². The molecular weight excluding hydrogens is 284 g/mol. The van der Waals surface area contributed by atoms with Crippen molar-refractivity contribution >= 4 is 29.2 Å². The molecule has 0 saturated heterocycles. The van der Waals surface area contributed by atoms with Crippen molar-refractivity contribution in [2.45, 2.75) is 37.9 Å². The Morgan fingerprint density at radius 2 is 1.95 bits per heavy atom. The molecule has 0 fully saturated rings. The van der Waals surface area contributed by atoms with Gasteiger partial charge in [0.25, 0.3) is 0 Å². The molecular formula is C11H20N2O4SSi. The standard InChI is InChI=1S/C11H20N2O4SSi/c1-8-10(11(13-12-8)19(3,4)5)18(15,16)7-6-9(14)17-2/h6-7H2,1-5H3,(H,12,13). The van der Waals surface area contributed by atoms with E-state index in [9.17, 15) is 13.2 Å². The highest BCUT2D eigenvalue weighted by atomic mass is 32.2. The minimum atomic E-state index is -3.53. The minimum absolute atomic E-state index is 0.144. The van der Waals surface area contributed by atoms with Gasteiger partial charge in [-0.15, -0.1) is 0 Å². The van der Waals surface area contributed by atoms with E-state index >= 15 is 0 Å². The Morgan fingerprint density at radius 3 is 2.42 bits per heavy atom. The summed E-state index contributed by atoms with van der Waals surface area (Å²) in [6, 6.07) is 0. The SMILES string of the molecule is COC(=O)CCS(=O)(=O)c1c([Si](C)(C)C)n[nH]c1C. The van der Waals surface area contributed by atoms with E-state index in [2.05, 4.69) is 14.9 Å². The molecule has 108 valence electrons. The van der Waals surface area contributed by atoms with Crippen molar-refractivity contribution in [3.05, 3.63) is 5.69 Å². The average Bonchev–Trinajstić information content (AvgIpc) is 2.68. The van der Waals surface area contributed by atoms with Crippen molar-refractivity contribution in [3.8, 4) is 0 Å². The van der Waals surface area contributed by atoms with Crippen LogP contribution in [0.1, 0.15) is 12.1 Å². The average molecular weight is 304 g/mol. The van der Waals surface area contributed by atoms with E-state index in [1.807, 2.05) is 19.6 Å². The van der Waals surface area contributed by atoms with Crippen molar-refractivity contribution in [1.29, 1.82) is 0 Å². The number of carbonyl (C=O) groups excluding carboxylic acids is 1. The predicted octanol–water partition coefficient (Wildman–Crippen LogP) is 0.600. The number of esters is 1. The molecule has 0 atom stereocenters. The number of aromatic amines is 1. The van der Waals surface area contributed by atoms with Gasteiger partial charge in [0, 0.05) is 0 Å². The minimum Gasteiger partial charge on any atom is -0.469 e. The molecule has 19 heavy (non-hydrogen) atoms. The Morgan fingerprint density at radius 1 is 1.37 bits per heavy atom. The lowest BCUT2D eigenvalue weighted by atomic mass is 10.5. The summed E-state index contributed by atoms with van der Waals surface area (Å²) in [6.07, 6.45) is -0.144. The monoisotopic (exact) mass is 304 g/mol. The molecule has 0 aliphatic carbocycles. The molecule has 1 heterocycles. The number of aromatic nitrogens is 2. The fraction of sp³-hybridized carbons (Fsp3) is 0.636. The molecule has 8 heteroatoms. The van der Waals surface area contributed by atoms with E-state index in [1.54, 1.807) is 6.92 Å². The Bertz CT molecular complexity index is 572. The number of H-pyrrole nitrogens is 1. The van der Waals surface area contributed by atoms with E-state index < -0.39 is 23.9 Å². The molecule has 0 bridgehead atoms. The van der Waals surface area contributed by atoms with E-state index in [4.69, 9.17) is 0 Å². The van der Waals surface area contributed by atoms with Crippen molar-refractivity contribution in [2.75, 3.05) is 12.9 Å². The fourth-order valence-electron chi connectivity index (χ4n) is 1.73. The highest BCUT2D eigenvalue weighted by molar-refractivity contribution is 7.91. The van der Waals surface area contributed by atoms with Crippen LogP contribution in [0.25, 0.3) is 0 Å². The van der Waals surface area contributed by atoms with Gasteiger partial charge in [0.15, 0.2) is 9.84 Å². The van der Waals surface area contributed by atoms with Gasteiger partial charge in [-0.05, 0) is 6.92 Å². The van der Waals surface area contributed by atoms with Gasteiger partial charge in [0.05, 0.1) is 30.3 Å². The zero-order chi connectivity index (χ0) is 14.8. The number of nitrogens with zero attached hydrogens (tertiary/aromatic N) is 1. The fourth-order valence-corrected chi connectivity index (χ4v) is 5.87. The molecule has 6 nitrogen and oxygen atoms in total. The Balaban J connectivity index is 3.15. The van der Waals surface area contributed by atoms with Gasteiger partial charge in [-0.25, -0.2) is 8.42 Å². The lowest BCUT2D eigenvalue weighted by molar-refractivity contribution is -0.140. The molecule has 0 aliphatic rings. The van der Waals surface area contributed by atoms with Crippen LogP contribution < -0.4 is 5.32 Å². The highest BCUT2D eigenvalue weighted by Crippen LogP contribution is 2.17. The van der Waals surface area contributed by atoms with Crippen molar-refractivity contribution in [3.63, 3.8) is 0 Å². The van der Waals surface area contributed by atoms with Gasteiger partial charge in [0.1, 0.15) is 13.0 Å². The third-order valence-corrected chi connectivity index (χ3v) is 6.54. The van der Waals surface area contributed by atoms with Crippen molar-refractivity contribution in [1.82, 2.24) is 10.2 Å². The largest absolute Gasteiger partial charge is 0.469 e. The number of aryl methyl sites for hydroxylation is 1. The second-order valence-corrected chi connectivity index (χ2v) is 12.4. The first-order valence-corrected chi connectivity index (χ1v) is 11.1. The van der Waals surface area contributed by atoms with Gasteiger partial charge in [-0.3, -0.25) is 9.89 Å². The third kappa shape index (κ3) is 3.66. The molecule has 0 spiro atoms. The molecule has 0 unspecified atom stereocenters. The number of methoxy groups -OCH3 is 1. The molecule has 1 aromatic heterocycles. The zero-order valence-electron chi connectivity index (χ0n) is 11.9. The van der Waals surface area contributed by atoms with Crippen LogP contribution in [-0.2, 0) is 19.4 Å². The summed E-state index contributed by atoms with van der Waals surface area (Å²) < 4.78 is 29.2. The predicted molar refractivity (Wildman–Crippen MR) is 75.0 cm³/mol. The molecule has 1 rings (SSSR count). The molecule has 0 aliphatic heterocycles. The summed E-state index contributed by atoms with van der Waals surface area (Å²) in [5.41, 5.74) is 0.530. The zero-order valence-corrected chi connectivity index (χ0v) is 13.7. The van der Waals surface area contributed by atoms with Gasteiger partial charge in [-0.1, -0.05) is 19.6 Å². The number of nitrogens with one attached hydrogen (secondary N) is 1. The van der Waals surface area contributed by atoms with E-state index in [0.29, 0.717) is 11.0 Å². The summed E-state index contributed by atoms with van der Waals surface area (Å²) in [5, 5.41) is 7.52. The van der Waals surface area contributed by atoms with Crippen LogP contribution in [-0.4, -0.2) is 45.5 Å². The van der Waals surface area contributed by atoms with E-state index in [1.165, 1.54) is 7.11 Å². The molecule has 0 radical (unpaired) electrons.